The third-order valence-electron chi connectivity index (χ3n) is 2.20. The summed E-state index contributed by atoms with van der Waals surface area (Å²) in [6.45, 7) is 2.70. The van der Waals surface area contributed by atoms with Crippen molar-refractivity contribution in [2.75, 3.05) is 6.67 Å². The van der Waals surface area contributed by atoms with E-state index in [1.165, 1.54) is 12.8 Å². The fourth-order valence-corrected chi connectivity index (χ4v) is 1.41. The van der Waals surface area contributed by atoms with Crippen molar-refractivity contribution in [3.63, 3.8) is 0 Å². The van der Waals surface area contributed by atoms with Crippen LogP contribution >= 0.6 is 0 Å². The van der Waals surface area contributed by atoms with Gasteiger partial charge in [-0.3, -0.25) is 4.79 Å². The quantitative estimate of drug-likeness (QED) is 0.591. The molecule has 0 aromatic heterocycles. The van der Waals surface area contributed by atoms with Gasteiger partial charge in [0.25, 0.3) is 0 Å². The van der Waals surface area contributed by atoms with E-state index in [0.717, 1.165) is 5.70 Å². The first-order valence-electron chi connectivity index (χ1n) is 4.00. The molecule has 0 radical (unpaired) electrons. The van der Waals surface area contributed by atoms with Crippen molar-refractivity contribution >= 4 is 5.91 Å². The summed E-state index contributed by atoms with van der Waals surface area (Å²) in [5.41, 5.74) is 1.11. The van der Waals surface area contributed by atoms with E-state index < -0.39 is 0 Å². The molecule has 1 fully saturated rings. The van der Waals surface area contributed by atoms with Crippen LogP contribution in [0.4, 0.5) is 0 Å². The van der Waals surface area contributed by atoms with E-state index in [2.05, 4.69) is 10.2 Å². The topological polar surface area (TPSA) is 32.3 Å². The number of rotatable bonds is 1. The normalized spacial score (nSPS) is 24.6. The first-order chi connectivity index (χ1) is 5.27. The lowest BCUT2D eigenvalue weighted by molar-refractivity contribution is -0.117. The highest BCUT2D eigenvalue weighted by atomic mass is 16.1. The van der Waals surface area contributed by atoms with Crippen molar-refractivity contribution in [1.82, 2.24) is 10.2 Å². The van der Waals surface area contributed by atoms with E-state index in [-0.39, 0.29) is 5.91 Å². The maximum Gasteiger partial charge on any atom is 0.247 e. The molecule has 1 aliphatic carbocycles. The fraction of sp³-hybridized carbons (Fsp3) is 0.625. The average molecular weight is 152 g/mol. The van der Waals surface area contributed by atoms with Gasteiger partial charge in [0, 0.05) is 17.8 Å². The van der Waals surface area contributed by atoms with E-state index in [4.69, 9.17) is 0 Å². The van der Waals surface area contributed by atoms with E-state index in [9.17, 15) is 4.79 Å². The summed E-state index contributed by atoms with van der Waals surface area (Å²) in [5.74, 6) is 0.0411. The van der Waals surface area contributed by atoms with Gasteiger partial charge in [-0.05, 0) is 19.8 Å². The van der Waals surface area contributed by atoms with Crippen molar-refractivity contribution in [3.8, 4) is 0 Å². The van der Waals surface area contributed by atoms with Crippen LogP contribution in [0.1, 0.15) is 19.8 Å². The van der Waals surface area contributed by atoms with Crippen molar-refractivity contribution in [2.45, 2.75) is 25.8 Å². The van der Waals surface area contributed by atoms with Gasteiger partial charge >= 0.3 is 0 Å². The first-order valence-corrected chi connectivity index (χ1v) is 4.00. The van der Waals surface area contributed by atoms with Crippen molar-refractivity contribution < 1.29 is 4.79 Å². The zero-order chi connectivity index (χ0) is 7.84. The Balaban J connectivity index is 2.11. The van der Waals surface area contributed by atoms with E-state index in [0.29, 0.717) is 12.7 Å². The number of carbonyl (C=O) groups is 1. The molecule has 1 amide bonds. The molecule has 11 heavy (non-hydrogen) atoms. The Morgan fingerprint density at radius 1 is 1.64 bits per heavy atom. The zero-order valence-corrected chi connectivity index (χ0v) is 6.63. The lowest BCUT2D eigenvalue weighted by Gasteiger charge is -2.28. The van der Waals surface area contributed by atoms with Gasteiger partial charge in [0.2, 0.25) is 5.91 Å². The van der Waals surface area contributed by atoms with Crippen LogP contribution in [0.25, 0.3) is 0 Å². The molecule has 0 aromatic rings. The number of amides is 1. The van der Waals surface area contributed by atoms with Crippen LogP contribution in [0, 0.1) is 0 Å². The number of nitrogens with one attached hydrogen (secondary N) is 1. The highest BCUT2D eigenvalue weighted by molar-refractivity contribution is 5.88. The number of nitrogens with zero attached hydrogens (tertiary/aromatic N) is 1. The van der Waals surface area contributed by atoms with Gasteiger partial charge in [-0.1, -0.05) is 0 Å². The van der Waals surface area contributed by atoms with Crippen LogP contribution in [0.5, 0.6) is 0 Å². The Morgan fingerprint density at radius 3 is 2.91 bits per heavy atom. The Bertz CT molecular complexity index is 218. The fourth-order valence-electron chi connectivity index (χ4n) is 1.41. The molecule has 60 valence electrons. The number of carbonyl (C=O) groups excluding carboxylic acids is 1. The van der Waals surface area contributed by atoms with Crippen molar-refractivity contribution in [2.24, 2.45) is 0 Å². The van der Waals surface area contributed by atoms with Crippen LogP contribution in [0.3, 0.4) is 0 Å². The maximum atomic E-state index is 10.8. The van der Waals surface area contributed by atoms with Gasteiger partial charge in [0.15, 0.2) is 0 Å². The summed E-state index contributed by atoms with van der Waals surface area (Å²) in [4.78, 5) is 13.1. The van der Waals surface area contributed by atoms with Gasteiger partial charge in [0.1, 0.15) is 0 Å². The highest BCUT2D eigenvalue weighted by Crippen LogP contribution is 2.29. The molecule has 0 atom stereocenters. The van der Waals surface area contributed by atoms with Gasteiger partial charge in [-0.25, -0.2) is 0 Å². The molecular formula is C8H12N2O. The second kappa shape index (κ2) is 2.26. The number of hydrogen-bond donors (Lipinski definition) is 1. The lowest BCUT2D eigenvalue weighted by atomic mass is 10.3. The SMILES string of the molecule is CC1=CC(=O)NCN1C1CC1. The molecular weight excluding hydrogens is 140 g/mol. The van der Waals surface area contributed by atoms with Crippen LogP contribution in [0.2, 0.25) is 0 Å². The number of allylic oxidation sites excluding steroid dienone is 1. The smallest absolute Gasteiger partial charge is 0.247 e. The van der Waals surface area contributed by atoms with Crippen molar-refractivity contribution in [3.05, 3.63) is 11.8 Å². The predicted octanol–water partition coefficient (Wildman–Crippen LogP) is 0.442. The Hall–Kier alpha value is -0.990. The third kappa shape index (κ3) is 1.23. The van der Waals surface area contributed by atoms with Crippen molar-refractivity contribution in [1.29, 1.82) is 0 Å². The molecule has 1 heterocycles. The molecule has 3 nitrogen and oxygen atoms in total. The molecule has 0 aromatic carbocycles. The first kappa shape index (κ1) is 6.70. The lowest BCUT2D eigenvalue weighted by Crippen LogP contribution is -2.41. The zero-order valence-electron chi connectivity index (χ0n) is 6.63. The second-order valence-corrected chi connectivity index (χ2v) is 3.19. The largest absolute Gasteiger partial charge is 0.354 e. The second-order valence-electron chi connectivity index (χ2n) is 3.19. The minimum atomic E-state index is 0.0411. The van der Waals surface area contributed by atoms with Crippen LogP contribution in [-0.2, 0) is 4.79 Å². The minimum Gasteiger partial charge on any atom is -0.354 e. The van der Waals surface area contributed by atoms with Crippen LogP contribution in [-0.4, -0.2) is 23.5 Å². The molecule has 1 N–H and O–H groups in total. The Morgan fingerprint density at radius 2 is 2.36 bits per heavy atom. The minimum absolute atomic E-state index is 0.0411. The molecule has 2 rings (SSSR count). The van der Waals surface area contributed by atoms with E-state index >= 15 is 0 Å². The summed E-state index contributed by atoms with van der Waals surface area (Å²) < 4.78 is 0. The molecule has 3 heteroatoms. The standard InChI is InChI=1S/C8H12N2O/c1-6-4-8(11)9-5-10(6)7-2-3-7/h4,7H,2-3,5H2,1H3,(H,9,11). The van der Waals surface area contributed by atoms with Crippen LogP contribution in [0.15, 0.2) is 11.8 Å². The third-order valence-corrected chi connectivity index (χ3v) is 2.20. The Kier molecular flexibility index (Phi) is 1.37. The average Bonchev–Trinajstić information content (AvgIpc) is 2.70. The van der Waals surface area contributed by atoms with Gasteiger partial charge in [0.05, 0.1) is 6.67 Å². The summed E-state index contributed by atoms with van der Waals surface area (Å²) in [6.07, 6.45) is 4.23. The monoisotopic (exact) mass is 152 g/mol. The predicted molar refractivity (Wildman–Crippen MR) is 41.6 cm³/mol. The summed E-state index contributed by atoms with van der Waals surface area (Å²) >= 11 is 0. The molecule has 2 aliphatic rings. The van der Waals surface area contributed by atoms with Gasteiger partial charge in [-0.2, -0.15) is 0 Å². The van der Waals surface area contributed by atoms with Gasteiger partial charge in [-0.15, -0.1) is 0 Å². The Labute approximate surface area is 66.1 Å². The molecule has 1 saturated carbocycles. The summed E-state index contributed by atoms with van der Waals surface area (Å²) in [5, 5.41) is 2.79. The molecule has 0 bridgehead atoms. The van der Waals surface area contributed by atoms with Crippen LogP contribution < -0.4 is 5.32 Å². The molecule has 0 saturated heterocycles. The van der Waals surface area contributed by atoms with Gasteiger partial charge < -0.3 is 10.2 Å². The summed E-state index contributed by atoms with van der Waals surface area (Å²) in [7, 11) is 0. The number of hydrogen-bond acceptors (Lipinski definition) is 2. The summed E-state index contributed by atoms with van der Waals surface area (Å²) in [6, 6.07) is 0.701. The molecule has 1 aliphatic heterocycles. The maximum absolute atomic E-state index is 10.8. The highest BCUT2D eigenvalue weighted by Gasteiger charge is 2.30. The van der Waals surface area contributed by atoms with E-state index in [1.807, 2.05) is 6.92 Å². The molecule has 0 spiro atoms. The molecule has 0 unspecified atom stereocenters. The van der Waals surface area contributed by atoms with E-state index in [1.54, 1.807) is 6.08 Å².